The third-order valence-corrected chi connectivity index (χ3v) is 11.4. The van der Waals surface area contributed by atoms with Gasteiger partial charge in [-0.15, -0.1) is 11.3 Å². The number of anilines is 3. The molecule has 0 saturated carbocycles. The average molecular weight is 584 g/mol. The van der Waals surface area contributed by atoms with Gasteiger partial charge in [-0.1, -0.05) is 113 Å². The van der Waals surface area contributed by atoms with Crippen molar-refractivity contribution in [3.05, 3.63) is 150 Å². The largest absolute Gasteiger partial charge is 0.310 e. The Morgan fingerprint density at radius 2 is 1.07 bits per heavy atom. The highest BCUT2D eigenvalue weighted by Gasteiger charge is 2.37. The molecule has 0 bridgehead atoms. The first-order chi connectivity index (χ1) is 21.3. The molecule has 0 unspecified atom stereocenters. The van der Waals surface area contributed by atoms with E-state index in [1.54, 1.807) is 0 Å². The Morgan fingerprint density at radius 3 is 1.86 bits per heavy atom. The molecule has 0 aliphatic heterocycles. The lowest BCUT2D eigenvalue weighted by Crippen LogP contribution is -2.16. The van der Waals surface area contributed by atoms with Gasteiger partial charge in [0.05, 0.1) is 0 Å². The van der Waals surface area contributed by atoms with Gasteiger partial charge in [0.2, 0.25) is 0 Å². The summed E-state index contributed by atoms with van der Waals surface area (Å²) in [6.07, 6.45) is 0. The number of para-hydroxylation sites is 1. The molecule has 0 saturated heterocycles. The highest BCUT2D eigenvalue weighted by atomic mass is 32.1. The van der Waals surface area contributed by atoms with Crippen LogP contribution in [0, 0.1) is 0 Å². The monoisotopic (exact) mass is 583 g/mol. The predicted molar refractivity (Wildman–Crippen MR) is 189 cm³/mol. The first kappa shape index (κ1) is 25.8. The molecule has 0 spiro atoms. The molecule has 2 heteroatoms. The van der Waals surface area contributed by atoms with Gasteiger partial charge < -0.3 is 4.90 Å². The van der Waals surface area contributed by atoms with Crippen LogP contribution in [0.25, 0.3) is 42.4 Å². The van der Waals surface area contributed by atoms with Crippen molar-refractivity contribution in [3.8, 4) is 22.3 Å². The molecule has 44 heavy (non-hydrogen) atoms. The quantitative estimate of drug-likeness (QED) is 0.200. The van der Waals surface area contributed by atoms with Crippen molar-refractivity contribution in [1.29, 1.82) is 0 Å². The minimum absolute atomic E-state index is 0.000565. The lowest BCUT2D eigenvalue weighted by Gasteiger charge is -2.28. The number of benzene rings is 6. The van der Waals surface area contributed by atoms with E-state index in [0.717, 1.165) is 5.69 Å². The molecule has 9 rings (SSSR count). The van der Waals surface area contributed by atoms with Gasteiger partial charge in [0.25, 0.3) is 0 Å². The second-order valence-corrected chi connectivity index (χ2v) is 14.5. The molecule has 0 amide bonds. The third-order valence-electron chi connectivity index (χ3n) is 10.3. The zero-order valence-electron chi connectivity index (χ0n) is 25.5. The summed E-state index contributed by atoms with van der Waals surface area (Å²) in [7, 11) is 0. The molecule has 0 fully saturated rings. The van der Waals surface area contributed by atoms with Gasteiger partial charge in [-0.2, -0.15) is 0 Å². The number of hydrogen-bond acceptors (Lipinski definition) is 2. The normalized spacial score (nSPS) is 15.2. The van der Waals surface area contributed by atoms with E-state index in [4.69, 9.17) is 0 Å². The Labute approximate surface area is 263 Å². The van der Waals surface area contributed by atoms with E-state index >= 15 is 0 Å². The second-order valence-electron chi connectivity index (χ2n) is 13.4. The summed E-state index contributed by atoms with van der Waals surface area (Å²) in [5, 5.41) is 2.74. The molecule has 1 heterocycles. The van der Waals surface area contributed by atoms with Gasteiger partial charge in [-0.25, -0.2) is 0 Å². The van der Waals surface area contributed by atoms with Crippen molar-refractivity contribution in [1.82, 2.24) is 0 Å². The van der Waals surface area contributed by atoms with E-state index in [9.17, 15) is 0 Å². The number of fused-ring (bicyclic) bond motifs is 10. The van der Waals surface area contributed by atoms with Crippen LogP contribution in [-0.2, 0) is 10.8 Å². The maximum Gasteiger partial charge on any atom is 0.0476 e. The summed E-state index contributed by atoms with van der Waals surface area (Å²) in [5.74, 6) is 0. The molecule has 212 valence electrons. The van der Waals surface area contributed by atoms with Crippen LogP contribution < -0.4 is 4.90 Å². The van der Waals surface area contributed by atoms with Gasteiger partial charge >= 0.3 is 0 Å². The molecule has 6 aromatic carbocycles. The van der Waals surface area contributed by atoms with Crippen LogP contribution in [0.15, 0.2) is 127 Å². The Bertz CT molecular complexity index is 2290. The summed E-state index contributed by atoms with van der Waals surface area (Å²) >= 11 is 1.91. The topological polar surface area (TPSA) is 3.24 Å². The molecule has 0 radical (unpaired) electrons. The number of hydrogen-bond donors (Lipinski definition) is 0. The third kappa shape index (κ3) is 3.41. The maximum absolute atomic E-state index is 2.42. The first-order valence-corrected chi connectivity index (χ1v) is 16.3. The zero-order chi connectivity index (χ0) is 29.8. The second kappa shape index (κ2) is 8.94. The SMILES string of the molecule is CC1(C)c2ccccc2-c2ccc(N(c3ccccc3)c3ccc4c(c3)sc3ccc5c(c34)-c3ccccc3C5(C)C)cc21. The molecule has 1 aromatic heterocycles. The van der Waals surface area contributed by atoms with Gasteiger partial charge in [0, 0.05) is 48.1 Å². The fourth-order valence-corrected chi connectivity index (χ4v) is 9.19. The van der Waals surface area contributed by atoms with Crippen LogP contribution in [0.4, 0.5) is 17.1 Å². The molecule has 2 aliphatic carbocycles. The molecule has 7 aromatic rings. The first-order valence-electron chi connectivity index (χ1n) is 15.5. The van der Waals surface area contributed by atoms with Gasteiger partial charge in [0.1, 0.15) is 0 Å². The van der Waals surface area contributed by atoms with Gasteiger partial charge in [-0.05, 0) is 87.0 Å². The number of thiophene rings is 1. The van der Waals surface area contributed by atoms with Crippen LogP contribution in [0.3, 0.4) is 0 Å². The Balaban J connectivity index is 1.24. The lowest BCUT2D eigenvalue weighted by molar-refractivity contribution is 0.660. The van der Waals surface area contributed by atoms with E-state index in [1.807, 2.05) is 11.3 Å². The zero-order valence-corrected chi connectivity index (χ0v) is 26.3. The summed E-state index contributed by atoms with van der Waals surface area (Å²) in [5.41, 5.74) is 14.6. The Kier molecular flexibility index (Phi) is 5.24. The van der Waals surface area contributed by atoms with Crippen molar-refractivity contribution in [2.45, 2.75) is 38.5 Å². The molecule has 0 N–H and O–H groups in total. The Morgan fingerprint density at radius 1 is 0.455 bits per heavy atom. The highest BCUT2D eigenvalue weighted by molar-refractivity contribution is 7.26. The minimum Gasteiger partial charge on any atom is -0.310 e. The van der Waals surface area contributed by atoms with Crippen molar-refractivity contribution in [2.24, 2.45) is 0 Å². The molecular weight excluding hydrogens is 551 g/mol. The van der Waals surface area contributed by atoms with E-state index in [2.05, 4.69) is 160 Å². The fraction of sp³-hybridized carbons (Fsp3) is 0.143. The highest BCUT2D eigenvalue weighted by Crippen LogP contribution is 2.55. The number of rotatable bonds is 3. The molecule has 1 nitrogen and oxygen atoms in total. The average Bonchev–Trinajstić information content (AvgIpc) is 3.61. The van der Waals surface area contributed by atoms with Gasteiger partial charge in [-0.3, -0.25) is 0 Å². The summed E-state index contributed by atoms with van der Waals surface area (Å²) < 4.78 is 2.68. The maximum atomic E-state index is 2.42. The van der Waals surface area contributed by atoms with Crippen molar-refractivity contribution < 1.29 is 0 Å². The van der Waals surface area contributed by atoms with E-state index in [-0.39, 0.29) is 10.8 Å². The number of nitrogens with zero attached hydrogens (tertiary/aromatic N) is 1. The van der Waals surface area contributed by atoms with Crippen molar-refractivity contribution in [2.75, 3.05) is 4.90 Å². The van der Waals surface area contributed by atoms with Crippen LogP contribution in [0.5, 0.6) is 0 Å². The molecule has 2 aliphatic rings. The molecule has 0 atom stereocenters. The van der Waals surface area contributed by atoms with Crippen LogP contribution in [0.1, 0.15) is 49.9 Å². The summed E-state index contributed by atoms with van der Waals surface area (Å²) in [6, 6.07) is 47.5. The lowest BCUT2D eigenvalue weighted by atomic mass is 9.82. The van der Waals surface area contributed by atoms with E-state index in [0.29, 0.717) is 0 Å². The van der Waals surface area contributed by atoms with Crippen LogP contribution in [-0.4, -0.2) is 0 Å². The fourth-order valence-electron chi connectivity index (χ4n) is 8.04. The van der Waals surface area contributed by atoms with Crippen molar-refractivity contribution in [3.63, 3.8) is 0 Å². The van der Waals surface area contributed by atoms with Crippen LogP contribution in [0.2, 0.25) is 0 Å². The summed E-state index contributed by atoms with van der Waals surface area (Å²) in [4.78, 5) is 2.42. The minimum atomic E-state index is -0.0514. The van der Waals surface area contributed by atoms with Gasteiger partial charge in [0.15, 0.2) is 0 Å². The van der Waals surface area contributed by atoms with E-state index in [1.165, 1.54) is 76.1 Å². The summed E-state index contributed by atoms with van der Waals surface area (Å²) in [6.45, 7) is 9.44. The van der Waals surface area contributed by atoms with Crippen molar-refractivity contribution >= 4 is 48.6 Å². The van der Waals surface area contributed by atoms with E-state index < -0.39 is 0 Å². The predicted octanol–water partition coefficient (Wildman–Crippen LogP) is 12.1. The Hall–Kier alpha value is -4.66. The standard InChI is InChI=1S/C42H33NS/c1-41(2)34-17-11-9-15-31(34)39-35(41)22-23-37-40(39)32-21-19-28(25-38(32)44-37)43(26-12-6-5-7-13-26)27-18-20-30-29-14-8-10-16-33(29)42(3,4)36(30)24-27/h5-25H,1-4H3. The van der Waals surface area contributed by atoms with Crippen LogP contribution >= 0.6 is 11.3 Å². The smallest absolute Gasteiger partial charge is 0.0476 e. The molecular formula is C42H33NS.